The maximum absolute atomic E-state index is 12.5. The van der Waals surface area contributed by atoms with Gasteiger partial charge in [-0.3, -0.25) is 9.59 Å². The van der Waals surface area contributed by atoms with Gasteiger partial charge in [0.2, 0.25) is 5.91 Å². The number of carbonyl (C=O) groups is 2. The van der Waals surface area contributed by atoms with Gasteiger partial charge in [-0.1, -0.05) is 78.0 Å². The third-order valence-electron chi connectivity index (χ3n) is 5.34. The molecule has 0 aliphatic rings. The zero-order chi connectivity index (χ0) is 22.4. The second-order valence-corrected chi connectivity index (χ2v) is 7.62. The fourth-order valence-electron chi connectivity index (χ4n) is 3.57. The van der Waals surface area contributed by atoms with Gasteiger partial charge in [-0.15, -0.1) is 0 Å². The highest BCUT2D eigenvalue weighted by molar-refractivity contribution is 5.91. The number of hydrogen-bond donors (Lipinski definition) is 3. The molecule has 0 spiro atoms. The van der Waals surface area contributed by atoms with Gasteiger partial charge in [0, 0.05) is 23.5 Å². The van der Waals surface area contributed by atoms with Gasteiger partial charge in [0.1, 0.15) is 0 Å². The third-order valence-corrected chi connectivity index (χ3v) is 5.34. The maximum atomic E-state index is 12.5. The summed E-state index contributed by atoms with van der Waals surface area (Å²) in [4.78, 5) is 28.2. The van der Waals surface area contributed by atoms with E-state index in [4.69, 9.17) is 5.73 Å². The van der Waals surface area contributed by atoms with Crippen LogP contribution in [0.25, 0.3) is 10.9 Å². The Bertz CT molecular complexity index is 754. The van der Waals surface area contributed by atoms with Gasteiger partial charge in [0.15, 0.2) is 5.78 Å². The largest absolute Gasteiger partial charge is 0.361 e. The van der Waals surface area contributed by atoms with E-state index >= 15 is 0 Å². The van der Waals surface area contributed by atoms with Gasteiger partial charge in [-0.25, -0.2) is 0 Å². The predicted octanol–water partition coefficient (Wildman–Crippen LogP) is 5.28. The molecule has 1 heterocycles. The van der Waals surface area contributed by atoms with E-state index in [0.717, 1.165) is 29.3 Å². The Balaban J connectivity index is 0.00000218. The number of nitrogens with one attached hydrogen (secondary N) is 2. The molecule has 168 valence electrons. The summed E-state index contributed by atoms with van der Waals surface area (Å²) in [5.41, 5.74) is 8.18. The van der Waals surface area contributed by atoms with Crippen LogP contribution in [0.1, 0.15) is 84.6 Å². The van der Waals surface area contributed by atoms with Crippen molar-refractivity contribution in [1.82, 2.24) is 10.3 Å². The summed E-state index contributed by atoms with van der Waals surface area (Å²) >= 11 is 0. The van der Waals surface area contributed by atoms with E-state index in [1.165, 1.54) is 25.7 Å². The lowest BCUT2D eigenvalue weighted by Crippen LogP contribution is -2.48. The topological polar surface area (TPSA) is 88.0 Å². The van der Waals surface area contributed by atoms with E-state index in [2.05, 4.69) is 17.2 Å². The fourth-order valence-corrected chi connectivity index (χ4v) is 3.57. The van der Waals surface area contributed by atoms with Crippen LogP contribution >= 0.6 is 0 Å². The summed E-state index contributed by atoms with van der Waals surface area (Å²) in [5.74, 6) is -0.140. The monoisotopic (exact) mass is 415 g/mol. The Kier molecular flexibility index (Phi) is 12.8. The summed E-state index contributed by atoms with van der Waals surface area (Å²) in [7, 11) is 0. The molecule has 0 fully saturated rings. The van der Waals surface area contributed by atoms with Gasteiger partial charge in [0.25, 0.3) is 0 Å². The minimum atomic E-state index is -0.671. The molecule has 2 rings (SSSR count). The summed E-state index contributed by atoms with van der Waals surface area (Å²) in [6, 6.07) is 6.85. The zero-order valence-corrected chi connectivity index (χ0v) is 19.3. The Morgan fingerprint density at radius 3 is 2.40 bits per heavy atom. The highest BCUT2D eigenvalue weighted by atomic mass is 16.2. The van der Waals surface area contributed by atoms with Crippen LogP contribution in [0.2, 0.25) is 0 Å². The number of nitrogens with two attached hydrogens (primary N) is 1. The Morgan fingerprint density at radius 1 is 1.03 bits per heavy atom. The number of unbranched alkanes of at least 4 members (excludes halogenated alkanes) is 5. The molecule has 1 amide bonds. The molecular formula is C25H41N3O2. The zero-order valence-electron chi connectivity index (χ0n) is 19.3. The molecule has 5 heteroatoms. The standard InChI is InChI=1S/C23H35N3O2.C2H6/c1-3-5-6-7-8-9-14-22(27)20(4-2)26-23(28)19(24)15-17-16-25-21-13-11-10-12-18(17)21;1-2/h10-13,16,19-20,25H,3-9,14-15,24H2,1-2H3,(H,26,28);1-2H3. The minimum Gasteiger partial charge on any atom is -0.361 e. The van der Waals surface area contributed by atoms with E-state index in [1.807, 2.05) is 51.2 Å². The first-order valence-electron chi connectivity index (χ1n) is 11.7. The van der Waals surface area contributed by atoms with E-state index < -0.39 is 12.1 Å². The molecule has 0 saturated heterocycles. The van der Waals surface area contributed by atoms with E-state index in [0.29, 0.717) is 19.3 Å². The van der Waals surface area contributed by atoms with E-state index in [9.17, 15) is 9.59 Å². The lowest BCUT2D eigenvalue weighted by molar-refractivity contribution is -0.128. The smallest absolute Gasteiger partial charge is 0.237 e. The number of aromatic amines is 1. The highest BCUT2D eigenvalue weighted by Crippen LogP contribution is 2.19. The van der Waals surface area contributed by atoms with Crippen molar-refractivity contribution in [3.63, 3.8) is 0 Å². The van der Waals surface area contributed by atoms with Gasteiger partial charge >= 0.3 is 0 Å². The first kappa shape index (κ1) is 25.9. The second kappa shape index (κ2) is 14.8. The number of carbonyl (C=O) groups excluding carboxylic acids is 2. The van der Waals surface area contributed by atoms with Crippen molar-refractivity contribution in [2.24, 2.45) is 5.73 Å². The van der Waals surface area contributed by atoms with Crippen molar-refractivity contribution in [3.8, 4) is 0 Å². The molecule has 5 nitrogen and oxygen atoms in total. The summed E-state index contributed by atoms with van der Waals surface area (Å²) in [5, 5.41) is 3.94. The van der Waals surface area contributed by atoms with E-state index in [1.54, 1.807) is 0 Å². The summed E-state index contributed by atoms with van der Waals surface area (Å²) < 4.78 is 0. The molecule has 2 aromatic rings. The quantitative estimate of drug-likeness (QED) is 0.389. The Hall–Kier alpha value is -2.14. The Labute approximate surface area is 182 Å². The molecule has 30 heavy (non-hydrogen) atoms. The normalized spacial score (nSPS) is 12.7. The van der Waals surface area contributed by atoms with Crippen molar-refractivity contribution in [1.29, 1.82) is 0 Å². The lowest BCUT2D eigenvalue weighted by atomic mass is 10.0. The molecule has 2 atom stereocenters. The highest BCUT2D eigenvalue weighted by Gasteiger charge is 2.22. The van der Waals surface area contributed by atoms with Crippen LogP contribution in [-0.4, -0.2) is 28.8 Å². The summed E-state index contributed by atoms with van der Waals surface area (Å²) in [6.45, 7) is 8.12. The van der Waals surface area contributed by atoms with Crippen molar-refractivity contribution >= 4 is 22.6 Å². The van der Waals surface area contributed by atoms with E-state index in [-0.39, 0.29) is 11.7 Å². The van der Waals surface area contributed by atoms with Crippen LogP contribution in [0.4, 0.5) is 0 Å². The molecule has 4 N–H and O–H groups in total. The van der Waals surface area contributed by atoms with Crippen LogP contribution in [0.15, 0.2) is 30.5 Å². The molecule has 0 radical (unpaired) electrons. The van der Waals surface area contributed by atoms with Crippen LogP contribution in [0.5, 0.6) is 0 Å². The average Bonchev–Trinajstić information content (AvgIpc) is 3.18. The minimum absolute atomic E-state index is 0.116. The number of Topliss-reactive ketones (excluding diaryl/α,β-unsaturated/α-hetero) is 1. The molecular weight excluding hydrogens is 374 g/mol. The van der Waals surface area contributed by atoms with Crippen LogP contribution in [0, 0.1) is 0 Å². The fraction of sp³-hybridized carbons (Fsp3) is 0.600. The number of para-hydroxylation sites is 1. The van der Waals surface area contributed by atoms with Crippen molar-refractivity contribution in [3.05, 3.63) is 36.0 Å². The number of benzene rings is 1. The third kappa shape index (κ3) is 8.31. The van der Waals surface area contributed by atoms with Crippen LogP contribution in [-0.2, 0) is 16.0 Å². The van der Waals surface area contributed by atoms with Gasteiger partial charge < -0.3 is 16.0 Å². The molecule has 1 aromatic carbocycles. The van der Waals surface area contributed by atoms with Gasteiger partial charge in [-0.2, -0.15) is 0 Å². The molecule has 1 aromatic heterocycles. The number of hydrogen-bond acceptors (Lipinski definition) is 3. The number of amides is 1. The SMILES string of the molecule is CC.CCCCCCCCC(=O)C(CC)NC(=O)C(N)Cc1c[nH]c2ccccc12. The number of fused-ring (bicyclic) bond motifs is 1. The van der Waals surface area contributed by atoms with Gasteiger partial charge in [0.05, 0.1) is 12.1 Å². The molecule has 0 bridgehead atoms. The maximum Gasteiger partial charge on any atom is 0.237 e. The first-order chi connectivity index (χ1) is 14.6. The number of H-pyrrole nitrogens is 1. The lowest BCUT2D eigenvalue weighted by Gasteiger charge is -2.19. The first-order valence-corrected chi connectivity index (χ1v) is 11.7. The molecule has 0 aliphatic heterocycles. The number of aromatic nitrogens is 1. The molecule has 0 saturated carbocycles. The van der Waals surface area contributed by atoms with Crippen molar-refractivity contribution < 1.29 is 9.59 Å². The van der Waals surface area contributed by atoms with Crippen LogP contribution < -0.4 is 11.1 Å². The summed E-state index contributed by atoms with van der Waals surface area (Å²) in [6.07, 6.45) is 10.4. The molecule has 0 aliphatic carbocycles. The van der Waals surface area contributed by atoms with Crippen molar-refractivity contribution in [2.75, 3.05) is 0 Å². The van der Waals surface area contributed by atoms with Crippen molar-refractivity contribution in [2.45, 2.75) is 97.6 Å². The van der Waals surface area contributed by atoms with Gasteiger partial charge in [-0.05, 0) is 30.9 Å². The molecule has 2 unspecified atom stereocenters. The number of ketones is 1. The predicted molar refractivity (Wildman–Crippen MR) is 127 cm³/mol. The van der Waals surface area contributed by atoms with Crippen LogP contribution in [0.3, 0.4) is 0 Å². The Morgan fingerprint density at radius 2 is 1.70 bits per heavy atom. The number of rotatable bonds is 13. The average molecular weight is 416 g/mol. The second-order valence-electron chi connectivity index (χ2n) is 7.62.